The smallest absolute Gasteiger partial charge is 0.284 e. The Morgan fingerprint density at radius 1 is 1.21 bits per heavy atom. The molecule has 1 heterocycles. The van der Waals surface area contributed by atoms with Crippen molar-refractivity contribution in [1.29, 1.82) is 0 Å². The third kappa shape index (κ3) is 4.75. The van der Waals surface area contributed by atoms with E-state index in [2.05, 4.69) is 15.5 Å². The summed E-state index contributed by atoms with van der Waals surface area (Å²) in [6.45, 7) is 1.89. The van der Waals surface area contributed by atoms with E-state index in [-0.39, 0.29) is 5.01 Å². The van der Waals surface area contributed by atoms with Crippen LogP contribution in [-0.2, 0) is 12.8 Å². The molecule has 4 rings (SSSR count). The number of anilines is 1. The largest absolute Gasteiger partial charge is 0.411 e. The Morgan fingerprint density at radius 2 is 2.00 bits per heavy atom. The summed E-state index contributed by atoms with van der Waals surface area (Å²) >= 11 is 1.20. The topological polar surface area (TPSA) is 74.6 Å². The Balaban J connectivity index is 1.73. The molecule has 8 heteroatoms. The van der Waals surface area contributed by atoms with Gasteiger partial charge < -0.3 is 10.5 Å². The number of allylic oxidation sites excluding steroid dienone is 4. The highest BCUT2D eigenvalue weighted by Gasteiger charge is 2.24. The highest BCUT2D eigenvalue weighted by atomic mass is 32.1. The monoisotopic (exact) mass is 465 g/mol. The molecule has 0 radical (unpaired) electrons. The molecule has 5 nitrogen and oxygen atoms in total. The molecular weight excluding hydrogens is 444 g/mol. The number of nitrogens with zero attached hydrogens (tertiary/aromatic N) is 2. The van der Waals surface area contributed by atoms with Crippen LogP contribution < -0.4 is 5.32 Å². The maximum Gasteiger partial charge on any atom is 0.284 e. The SMILES string of the molecule is C\C=C/C=C(\C=N\O)c1ccc2c(c1)-c1sc(C(=O)Nc3c(F)cccc3F)nc1CCC2. The minimum Gasteiger partial charge on any atom is -0.411 e. The number of carbonyl (C=O) groups is 1. The number of aromatic nitrogens is 1. The molecule has 1 amide bonds. The molecule has 0 spiro atoms. The molecule has 1 aliphatic rings. The van der Waals surface area contributed by atoms with Gasteiger partial charge in [0.05, 0.1) is 16.8 Å². The average Bonchev–Trinajstić information content (AvgIpc) is 3.16. The Bertz CT molecular complexity index is 1270. The van der Waals surface area contributed by atoms with Gasteiger partial charge in [0.2, 0.25) is 0 Å². The van der Waals surface area contributed by atoms with Crippen molar-refractivity contribution in [3.05, 3.63) is 88.1 Å². The first-order valence-corrected chi connectivity index (χ1v) is 11.2. The van der Waals surface area contributed by atoms with E-state index < -0.39 is 23.2 Å². The van der Waals surface area contributed by atoms with Crippen molar-refractivity contribution in [3.63, 3.8) is 0 Å². The number of hydrogen-bond acceptors (Lipinski definition) is 5. The summed E-state index contributed by atoms with van der Waals surface area (Å²) in [5.74, 6) is -2.35. The van der Waals surface area contributed by atoms with Crippen molar-refractivity contribution in [2.45, 2.75) is 26.2 Å². The number of benzene rings is 2. The molecule has 0 saturated carbocycles. The summed E-state index contributed by atoms with van der Waals surface area (Å²) in [6.07, 6.45) is 9.36. The fourth-order valence-electron chi connectivity index (χ4n) is 3.72. The van der Waals surface area contributed by atoms with Crippen LogP contribution in [0.15, 0.2) is 59.8 Å². The summed E-state index contributed by atoms with van der Waals surface area (Å²) in [4.78, 5) is 18.1. The lowest BCUT2D eigenvalue weighted by molar-refractivity contribution is 0.102. The molecule has 0 unspecified atom stereocenters. The van der Waals surface area contributed by atoms with Gasteiger partial charge in [0, 0.05) is 5.57 Å². The van der Waals surface area contributed by atoms with Crippen LogP contribution in [0, 0.1) is 11.6 Å². The molecule has 168 valence electrons. The maximum absolute atomic E-state index is 14.0. The van der Waals surface area contributed by atoms with Crippen molar-refractivity contribution in [3.8, 4) is 10.4 Å². The van der Waals surface area contributed by atoms with Crippen molar-refractivity contribution in [2.24, 2.45) is 5.16 Å². The fourth-order valence-corrected chi connectivity index (χ4v) is 4.78. The van der Waals surface area contributed by atoms with E-state index in [4.69, 9.17) is 5.21 Å². The first-order valence-electron chi connectivity index (χ1n) is 10.4. The predicted octanol–water partition coefficient (Wildman–Crippen LogP) is 6.25. The van der Waals surface area contributed by atoms with Crippen LogP contribution in [0.25, 0.3) is 16.0 Å². The van der Waals surface area contributed by atoms with Gasteiger partial charge in [0.25, 0.3) is 5.91 Å². The van der Waals surface area contributed by atoms with Gasteiger partial charge in [-0.15, -0.1) is 11.3 Å². The van der Waals surface area contributed by atoms with Crippen molar-refractivity contribution >= 4 is 34.7 Å². The van der Waals surface area contributed by atoms with E-state index in [1.165, 1.54) is 23.6 Å². The second-order valence-electron chi connectivity index (χ2n) is 7.46. The summed E-state index contributed by atoms with van der Waals surface area (Å²) in [6, 6.07) is 9.40. The van der Waals surface area contributed by atoms with Gasteiger partial charge in [0.15, 0.2) is 5.01 Å². The van der Waals surface area contributed by atoms with E-state index in [9.17, 15) is 13.6 Å². The Kier molecular flexibility index (Phi) is 6.74. The molecule has 0 atom stereocenters. The number of rotatable bonds is 5. The molecule has 0 bridgehead atoms. The minimum atomic E-state index is -0.845. The van der Waals surface area contributed by atoms with Crippen LogP contribution >= 0.6 is 11.3 Å². The van der Waals surface area contributed by atoms with E-state index in [1.807, 2.05) is 43.4 Å². The highest BCUT2D eigenvalue weighted by Crippen LogP contribution is 2.38. The number of aryl methyl sites for hydroxylation is 2. The van der Waals surface area contributed by atoms with Crippen molar-refractivity contribution < 1.29 is 18.8 Å². The van der Waals surface area contributed by atoms with Gasteiger partial charge in [0.1, 0.15) is 17.3 Å². The van der Waals surface area contributed by atoms with Crippen molar-refractivity contribution in [1.82, 2.24) is 4.98 Å². The van der Waals surface area contributed by atoms with Gasteiger partial charge >= 0.3 is 0 Å². The normalized spacial score (nSPS) is 13.7. The number of halogens is 2. The van der Waals surface area contributed by atoms with E-state index >= 15 is 0 Å². The number of para-hydroxylation sites is 1. The van der Waals surface area contributed by atoms with Crippen LogP contribution in [0.4, 0.5) is 14.5 Å². The molecule has 3 aromatic rings. The van der Waals surface area contributed by atoms with E-state index in [1.54, 1.807) is 0 Å². The Morgan fingerprint density at radius 3 is 2.73 bits per heavy atom. The molecule has 0 saturated heterocycles. The van der Waals surface area contributed by atoms with E-state index in [0.29, 0.717) is 6.42 Å². The van der Waals surface area contributed by atoms with Crippen LogP contribution in [0.2, 0.25) is 0 Å². The first kappa shape index (κ1) is 22.5. The van der Waals surface area contributed by atoms with Crippen LogP contribution in [0.3, 0.4) is 0 Å². The molecule has 1 aromatic heterocycles. The number of thiazole rings is 1. The van der Waals surface area contributed by atoms with Gasteiger partial charge in [-0.25, -0.2) is 13.8 Å². The van der Waals surface area contributed by atoms with Gasteiger partial charge in [-0.3, -0.25) is 4.79 Å². The third-order valence-corrected chi connectivity index (χ3v) is 6.44. The summed E-state index contributed by atoms with van der Waals surface area (Å²) in [5.41, 5.74) is 3.94. The molecule has 2 aromatic carbocycles. The van der Waals surface area contributed by atoms with E-state index in [0.717, 1.165) is 57.8 Å². The quantitative estimate of drug-likeness (QED) is 0.202. The van der Waals surface area contributed by atoms with Crippen LogP contribution in [0.5, 0.6) is 0 Å². The zero-order valence-electron chi connectivity index (χ0n) is 17.8. The number of oxime groups is 1. The zero-order chi connectivity index (χ0) is 23.4. The molecule has 0 fully saturated rings. The second kappa shape index (κ2) is 9.87. The zero-order valence-corrected chi connectivity index (χ0v) is 18.6. The van der Waals surface area contributed by atoms with Gasteiger partial charge in [-0.1, -0.05) is 41.6 Å². The maximum atomic E-state index is 14.0. The third-order valence-electron chi connectivity index (χ3n) is 5.31. The average molecular weight is 466 g/mol. The first-order chi connectivity index (χ1) is 16.0. The molecule has 33 heavy (non-hydrogen) atoms. The lowest BCUT2D eigenvalue weighted by atomic mass is 9.97. The van der Waals surface area contributed by atoms with Crippen LogP contribution in [0.1, 0.15) is 40.0 Å². The summed E-state index contributed by atoms with van der Waals surface area (Å²) in [5, 5.41) is 14.7. The minimum absolute atomic E-state index is 0.141. The second-order valence-corrected chi connectivity index (χ2v) is 8.46. The summed E-state index contributed by atoms with van der Waals surface area (Å²) < 4.78 is 27.9. The standard InChI is InChI=1S/C25H21F2N3O2S/c1-2-3-6-17(14-28-32)16-12-11-15-7-4-10-21-23(18(15)13-16)33-25(29-21)24(31)30-22-19(26)8-5-9-20(22)27/h2-3,5-6,8-9,11-14,32H,4,7,10H2,1H3,(H,30,31)/b3-2-,17-6+,28-14+. The van der Waals surface area contributed by atoms with Gasteiger partial charge in [-0.2, -0.15) is 0 Å². The highest BCUT2D eigenvalue weighted by molar-refractivity contribution is 7.17. The molecule has 2 N–H and O–H groups in total. The lowest BCUT2D eigenvalue weighted by Crippen LogP contribution is -2.14. The molecule has 0 aliphatic heterocycles. The Hall–Kier alpha value is -3.65. The summed E-state index contributed by atoms with van der Waals surface area (Å²) in [7, 11) is 0. The van der Waals surface area contributed by atoms with Crippen molar-refractivity contribution in [2.75, 3.05) is 5.32 Å². The number of hydrogen-bond donors (Lipinski definition) is 2. The van der Waals surface area contributed by atoms with Gasteiger partial charge in [-0.05, 0) is 61.1 Å². The predicted molar refractivity (Wildman–Crippen MR) is 127 cm³/mol. The molecule has 1 aliphatic carbocycles. The van der Waals surface area contributed by atoms with Crippen LogP contribution in [-0.4, -0.2) is 22.3 Å². The number of carbonyl (C=O) groups excluding carboxylic acids is 1. The lowest BCUT2D eigenvalue weighted by Gasteiger charge is -2.09. The number of fused-ring (bicyclic) bond motifs is 3. The number of amides is 1. The molecular formula is C25H21F2N3O2S. The fraction of sp³-hybridized carbons (Fsp3) is 0.160. The number of nitrogens with one attached hydrogen (secondary N) is 1. The Labute approximate surface area is 193 Å².